The van der Waals surface area contributed by atoms with Gasteiger partial charge in [-0.3, -0.25) is 15.0 Å². The largest absolute Gasteiger partial charge is 0.501 e. The maximum absolute atomic E-state index is 6.83. The van der Waals surface area contributed by atoms with E-state index < -0.39 is 16.1 Å². The Morgan fingerprint density at radius 2 is 1.29 bits per heavy atom. The number of aromatic nitrogens is 4. The van der Waals surface area contributed by atoms with Gasteiger partial charge in [0.1, 0.15) is 13.7 Å². The molecule has 12 rings (SSSR count). The van der Waals surface area contributed by atoms with Crippen molar-refractivity contribution in [2.75, 3.05) is 0 Å². The van der Waals surface area contributed by atoms with Crippen molar-refractivity contribution in [3.63, 3.8) is 0 Å². The minimum atomic E-state index is -1.39. The topological polar surface area (TPSA) is 56.7 Å². The average Bonchev–Trinajstić information content (AvgIpc) is 3.93. The van der Waals surface area contributed by atoms with Crippen molar-refractivity contribution in [3.05, 3.63) is 181 Å². The van der Waals surface area contributed by atoms with E-state index in [2.05, 4.69) is 203 Å². The van der Waals surface area contributed by atoms with Crippen LogP contribution in [-0.2, 0) is 20.1 Å². The molecule has 1 aliphatic heterocycles. The van der Waals surface area contributed by atoms with Crippen molar-refractivity contribution in [1.82, 2.24) is 19.5 Å². The van der Waals surface area contributed by atoms with Gasteiger partial charge < -0.3 is 8.98 Å². The van der Waals surface area contributed by atoms with E-state index in [9.17, 15) is 0 Å². The summed E-state index contributed by atoms with van der Waals surface area (Å²) >= 11 is 0. The standard InChI is InChI=1S/C45H35N2O.C16H21N2Si2.Ir/c1-27(2)36-24-32(29-13-6-5-7-14-29)25-37(28(3)4)43(36)47-41-20-11-10-19-40(41)46-45(47)35-18-12-17-34-39-23-31-22-21-30-15-8-9-16-33(30)38(31)26-42(39)48-44(34)35;1-19(2)10-11-20(3,4)16-14(19)12-17-15(18-16)13-8-6-5-7-9-13;/h5-17,19-28H,1-4H3;5-8,12H,10-11H2,1-4H3;/q2*-1;. The summed E-state index contributed by atoms with van der Waals surface area (Å²) in [6.07, 6.45) is 2.12. The quantitative estimate of drug-likeness (QED) is 0.0946. The zero-order chi connectivity index (χ0) is 46.9. The summed E-state index contributed by atoms with van der Waals surface area (Å²) in [5.74, 6) is 2.25. The Morgan fingerprint density at radius 1 is 0.594 bits per heavy atom. The van der Waals surface area contributed by atoms with Gasteiger partial charge in [0.2, 0.25) is 0 Å². The SMILES string of the molecule is CC(C)c1cc(-c2ccccc2)cc(C(C)C)c1-n1c(-c2[c-]ccc3c2oc2cc4c(ccc5ccccc54)cc23)nc2ccccc21.C[Si]1(C)CC[Si](C)(C)c2nc(-c3[c-]cccc3)ncc21.[Ir]. The van der Waals surface area contributed by atoms with Gasteiger partial charge >= 0.3 is 0 Å². The van der Waals surface area contributed by atoms with Crippen LogP contribution < -0.4 is 10.5 Å². The Bertz CT molecular complexity index is 3680. The molecule has 0 fully saturated rings. The van der Waals surface area contributed by atoms with Crippen LogP contribution in [-0.4, -0.2) is 35.7 Å². The van der Waals surface area contributed by atoms with E-state index in [4.69, 9.17) is 14.4 Å². The monoisotopic (exact) mass is 1110 g/mol. The molecular weight excluding hydrogens is 1050 g/mol. The Hall–Kier alpha value is -6.29. The van der Waals surface area contributed by atoms with Crippen LogP contribution >= 0.6 is 0 Å². The number of benzene rings is 8. The van der Waals surface area contributed by atoms with Crippen LogP contribution in [0.15, 0.2) is 162 Å². The van der Waals surface area contributed by atoms with Gasteiger partial charge in [0.05, 0.1) is 36.3 Å². The number of fused-ring (bicyclic) bond motifs is 8. The van der Waals surface area contributed by atoms with Crippen LogP contribution in [0, 0.1) is 12.1 Å². The molecule has 1 radical (unpaired) electrons. The van der Waals surface area contributed by atoms with Crippen LogP contribution in [0.25, 0.3) is 94.1 Å². The maximum atomic E-state index is 6.83. The second-order valence-electron chi connectivity index (χ2n) is 20.5. The van der Waals surface area contributed by atoms with Crippen molar-refractivity contribution in [3.8, 4) is 39.6 Å². The molecule has 69 heavy (non-hydrogen) atoms. The molecule has 0 saturated carbocycles. The minimum absolute atomic E-state index is 0. The molecule has 8 aromatic carbocycles. The second-order valence-corrected chi connectivity index (χ2v) is 30.0. The van der Waals surface area contributed by atoms with E-state index in [-0.39, 0.29) is 31.9 Å². The predicted octanol–water partition coefficient (Wildman–Crippen LogP) is 15.4. The summed E-state index contributed by atoms with van der Waals surface area (Å²) < 4.78 is 9.20. The van der Waals surface area contributed by atoms with Crippen molar-refractivity contribution < 1.29 is 24.5 Å². The second kappa shape index (κ2) is 18.2. The number of nitrogens with zero attached hydrogens (tertiary/aromatic N) is 4. The number of rotatable bonds is 6. The van der Waals surface area contributed by atoms with Gasteiger partial charge in [-0.2, -0.15) is 0 Å². The average molecular weight is 1110 g/mol. The molecule has 4 heterocycles. The number of hydrogen-bond donors (Lipinski definition) is 0. The zero-order valence-electron chi connectivity index (χ0n) is 40.6. The van der Waals surface area contributed by atoms with Crippen LogP contribution in [0.3, 0.4) is 0 Å². The van der Waals surface area contributed by atoms with E-state index >= 15 is 0 Å². The predicted molar refractivity (Wildman–Crippen MR) is 291 cm³/mol. The normalized spacial score (nSPS) is 14.1. The Labute approximate surface area is 421 Å². The summed E-state index contributed by atoms with van der Waals surface area (Å²) in [6, 6.07) is 63.1. The fourth-order valence-electron chi connectivity index (χ4n) is 10.4. The third kappa shape index (κ3) is 8.31. The molecule has 345 valence electrons. The molecule has 0 spiro atoms. The Morgan fingerprint density at radius 3 is 2.04 bits per heavy atom. The fraction of sp³-hybridized carbons (Fsp3) is 0.197. The van der Waals surface area contributed by atoms with Gasteiger partial charge in [-0.15, -0.1) is 54.1 Å². The van der Waals surface area contributed by atoms with Crippen LogP contribution in [0.1, 0.15) is 50.7 Å². The molecule has 11 aromatic rings. The smallest absolute Gasteiger partial charge is 0.121 e. The van der Waals surface area contributed by atoms with Gasteiger partial charge in [0, 0.05) is 42.7 Å². The summed E-state index contributed by atoms with van der Waals surface area (Å²) in [6.45, 7) is 18.9. The number of imidazole rings is 1. The summed E-state index contributed by atoms with van der Waals surface area (Å²) in [7, 11) is -2.72. The molecule has 1 aliphatic rings. The van der Waals surface area contributed by atoms with E-state index in [1.165, 1.54) is 72.1 Å². The molecule has 8 heteroatoms. The van der Waals surface area contributed by atoms with Gasteiger partial charge in [-0.1, -0.05) is 156 Å². The van der Waals surface area contributed by atoms with Crippen molar-refractivity contribution >= 4 is 81.2 Å². The summed E-state index contributed by atoms with van der Waals surface area (Å²) in [5, 5.41) is 9.92. The van der Waals surface area contributed by atoms with Gasteiger partial charge in [-0.05, 0) is 97.2 Å². The number of hydrogen-bond acceptors (Lipinski definition) is 4. The first-order valence-corrected chi connectivity index (χ1v) is 30.5. The van der Waals surface area contributed by atoms with Crippen molar-refractivity contribution in [2.45, 2.75) is 77.8 Å². The minimum Gasteiger partial charge on any atom is -0.501 e. The van der Waals surface area contributed by atoms with E-state index in [1.807, 2.05) is 30.3 Å². The molecule has 0 saturated heterocycles. The molecule has 0 aliphatic carbocycles. The molecule has 3 aromatic heterocycles. The number of para-hydroxylation sites is 2. The van der Waals surface area contributed by atoms with Gasteiger partial charge in [-0.25, -0.2) is 0 Å². The van der Waals surface area contributed by atoms with Gasteiger partial charge in [0.15, 0.2) is 0 Å². The molecule has 5 nitrogen and oxygen atoms in total. The number of furan rings is 1. The Kier molecular flexibility index (Phi) is 12.3. The van der Waals surface area contributed by atoms with Crippen molar-refractivity contribution in [2.24, 2.45) is 0 Å². The molecule has 0 bridgehead atoms. The maximum Gasteiger partial charge on any atom is 0.121 e. The molecular formula is C61H56IrN4OSi2-2. The van der Waals surface area contributed by atoms with E-state index in [0.717, 1.165) is 55.7 Å². The molecule has 0 unspecified atom stereocenters. The first-order valence-electron chi connectivity index (χ1n) is 24.1. The molecule has 0 atom stereocenters. The summed E-state index contributed by atoms with van der Waals surface area (Å²) in [5.41, 5.74) is 11.8. The molecule has 0 N–H and O–H groups in total. The molecule has 0 amide bonds. The third-order valence-corrected chi connectivity index (χ3v) is 21.5. The van der Waals surface area contributed by atoms with E-state index in [1.54, 1.807) is 0 Å². The van der Waals surface area contributed by atoms with Gasteiger partial charge in [0.25, 0.3) is 0 Å². The first-order chi connectivity index (χ1) is 32.9. The van der Waals surface area contributed by atoms with Crippen molar-refractivity contribution in [1.29, 1.82) is 0 Å². The van der Waals surface area contributed by atoms with Crippen LogP contribution in [0.5, 0.6) is 0 Å². The third-order valence-electron chi connectivity index (χ3n) is 14.3. The fourth-order valence-corrected chi connectivity index (χ4v) is 20.2. The summed E-state index contributed by atoms with van der Waals surface area (Å²) in [4.78, 5) is 15.0. The first kappa shape index (κ1) is 46.4. The van der Waals surface area contributed by atoms with E-state index in [0.29, 0.717) is 0 Å². The Balaban J connectivity index is 0.000000221. The zero-order valence-corrected chi connectivity index (χ0v) is 45.0. The van der Waals surface area contributed by atoms with Crippen LogP contribution in [0.2, 0.25) is 38.3 Å². The van der Waals surface area contributed by atoms with Crippen LogP contribution in [0.4, 0.5) is 0 Å².